The van der Waals surface area contributed by atoms with Gasteiger partial charge in [-0.1, -0.05) is 12.2 Å². The number of carboxylic acid groups (broad SMARTS) is 1. The number of hydrogen-bond donors (Lipinski definition) is 3. The van der Waals surface area contributed by atoms with Crippen molar-refractivity contribution < 1.29 is 23.1 Å². The molecule has 1 amide bonds. The predicted molar refractivity (Wildman–Crippen MR) is 71.0 cm³/mol. The average molecular weight is 302 g/mol. The molecule has 20 heavy (non-hydrogen) atoms. The molecule has 112 valence electrons. The number of carboxylic acids is 1. The number of hydrogen-bond acceptors (Lipinski definition) is 4. The van der Waals surface area contributed by atoms with E-state index in [4.69, 9.17) is 5.14 Å². The van der Waals surface area contributed by atoms with Crippen molar-refractivity contribution >= 4 is 21.9 Å². The summed E-state index contributed by atoms with van der Waals surface area (Å²) in [5.41, 5.74) is 0. The topological polar surface area (TPSA) is 127 Å². The minimum atomic E-state index is -3.53. The average Bonchev–Trinajstić information content (AvgIpc) is 2.92. The number of sulfonamides is 1. The van der Waals surface area contributed by atoms with Crippen molar-refractivity contribution in [1.82, 2.24) is 5.32 Å². The SMILES string of the molecule is NS(=O)(=O)CCCNC(=O)C1C2C=CC(C2)C1C(=O)O. The second-order valence-electron chi connectivity index (χ2n) is 5.35. The van der Waals surface area contributed by atoms with Crippen LogP contribution in [0.3, 0.4) is 0 Å². The van der Waals surface area contributed by atoms with E-state index in [1.165, 1.54) is 0 Å². The fourth-order valence-electron chi connectivity index (χ4n) is 3.12. The summed E-state index contributed by atoms with van der Waals surface area (Å²) in [4.78, 5) is 23.3. The molecule has 0 aromatic rings. The third-order valence-electron chi connectivity index (χ3n) is 3.95. The maximum Gasteiger partial charge on any atom is 0.307 e. The van der Waals surface area contributed by atoms with Crippen LogP contribution < -0.4 is 10.5 Å². The minimum Gasteiger partial charge on any atom is -0.481 e. The van der Waals surface area contributed by atoms with Gasteiger partial charge in [-0.3, -0.25) is 9.59 Å². The van der Waals surface area contributed by atoms with Crippen molar-refractivity contribution in [2.45, 2.75) is 12.8 Å². The summed E-state index contributed by atoms with van der Waals surface area (Å²) in [6.45, 7) is 0.180. The van der Waals surface area contributed by atoms with Gasteiger partial charge in [-0.05, 0) is 24.7 Å². The highest BCUT2D eigenvalue weighted by Gasteiger charge is 2.51. The van der Waals surface area contributed by atoms with Gasteiger partial charge in [0.1, 0.15) is 0 Å². The van der Waals surface area contributed by atoms with Crippen LogP contribution in [0.1, 0.15) is 12.8 Å². The van der Waals surface area contributed by atoms with Gasteiger partial charge in [0.2, 0.25) is 15.9 Å². The number of rotatable bonds is 6. The zero-order chi connectivity index (χ0) is 14.9. The number of aliphatic carboxylic acids is 1. The first-order valence-corrected chi connectivity index (χ1v) is 8.20. The van der Waals surface area contributed by atoms with E-state index in [2.05, 4.69) is 5.32 Å². The monoisotopic (exact) mass is 302 g/mol. The van der Waals surface area contributed by atoms with E-state index >= 15 is 0 Å². The fraction of sp³-hybridized carbons (Fsp3) is 0.667. The maximum atomic E-state index is 12.1. The molecular weight excluding hydrogens is 284 g/mol. The Hall–Kier alpha value is -1.41. The summed E-state index contributed by atoms with van der Waals surface area (Å²) in [7, 11) is -3.53. The lowest BCUT2D eigenvalue weighted by atomic mass is 9.82. The smallest absolute Gasteiger partial charge is 0.307 e. The summed E-state index contributed by atoms with van der Waals surface area (Å²) in [6.07, 6.45) is 4.69. The van der Waals surface area contributed by atoms with Crippen LogP contribution >= 0.6 is 0 Å². The van der Waals surface area contributed by atoms with E-state index in [1.807, 2.05) is 12.2 Å². The third kappa shape index (κ3) is 3.18. The summed E-state index contributed by atoms with van der Waals surface area (Å²) in [6, 6.07) is 0. The van der Waals surface area contributed by atoms with Gasteiger partial charge in [-0.15, -0.1) is 0 Å². The van der Waals surface area contributed by atoms with Crippen LogP contribution in [-0.4, -0.2) is 37.7 Å². The molecule has 2 bridgehead atoms. The Labute approximate surface area is 117 Å². The lowest BCUT2D eigenvalue weighted by molar-refractivity contribution is -0.147. The van der Waals surface area contributed by atoms with Gasteiger partial charge in [0, 0.05) is 6.54 Å². The lowest BCUT2D eigenvalue weighted by Crippen LogP contribution is -2.40. The first-order valence-electron chi connectivity index (χ1n) is 6.49. The molecule has 7 nitrogen and oxygen atoms in total. The van der Waals surface area contributed by atoms with Gasteiger partial charge in [0.25, 0.3) is 0 Å². The van der Waals surface area contributed by atoms with Crippen LogP contribution in [0.15, 0.2) is 12.2 Å². The van der Waals surface area contributed by atoms with E-state index in [-0.39, 0.29) is 36.5 Å². The molecule has 0 heterocycles. The molecule has 0 aromatic carbocycles. The first-order chi connectivity index (χ1) is 9.29. The summed E-state index contributed by atoms with van der Waals surface area (Å²) in [5, 5.41) is 16.7. The highest BCUT2D eigenvalue weighted by atomic mass is 32.2. The molecule has 0 saturated heterocycles. The Balaban J connectivity index is 1.89. The molecule has 2 rings (SSSR count). The number of fused-ring (bicyclic) bond motifs is 2. The Morgan fingerprint density at radius 3 is 2.40 bits per heavy atom. The molecule has 0 radical (unpaired) electrons. The highest BCUT2D eigenvalue weighted by Crippen LogP contribution is 2.48. The number of carbonyl (C=O) groups excluding carboxylic acids is 1. The van der Waals surface area contributed by atoms with Crippen molar-refractivity contribution in [3.8, 4) is 0 Å². The van der Waals surface area contributed by atoms with Crippen LogP contribution in [0, 0.1) is 23.7 Å². The molecule has 4 N–H and O–H groups in total. The van der Waals surface area contributed by atoms with Gasteiger partial charge in [0.15, 0.2) is 0 Å². The van der Waals surface area contributed by atoms with Gasteiger partial charge in [-0.25, -0.2) is 13.6 Å². The largest absolute Gasteiger partial charge is 0.481 e. The van der Waals surface area contributed by atoms with Gasteiger partial charge in [-0.2, -0.15) is 0 Å². The van der Waals surface area contributed by atoms with Crippen molar-refractivity contribution in [3.05, 3.63) is 12.2 Å². The normalized spacial score (nSPS) is 31.4. The highest BCUT2D eigenvalue weighted by molar-refractivity contribution is 7.89. The summed E-state index contributed by atoms with van der Waals surface area (Å²) >= 11 is 0. The van der Waals surface area contributed by atoms with E-state index < -0.39 is 27.8 Å². The fourth-order valence-corrected chi connectivity index (χ4v) is 3.67. The quantitative estimate of drug-likeness (QED) is 0.442. The van der Waals surface area contributed by atoms with Gasteiger partial charge < -0.3 is 10.4 Å². The Kier molecular flexibility index (Phi) is 4.14. The number of nitrogens with one attached hydrogen (secondary N) is 1. The molecule has 0 spiro atoms. The van der Waals surface area contributed by atoms with E-state index in [9.17, 15) is 23.1 Å². The standard InChI is InChI=1S/C12H18N2O5S/c13-20(18,19)5-1-4-14-11(15)9-7-2-3-8(6-7)10(9)12(16)17/h2-3,7-10H,1,4-6H2,(H,14,15)(H,16,17)(H2,13,18,19). The van der Waals surface area contributed by atoms with Crippen LogP contribution in [-0.2, 0) is 19.6 Å². The molecule has 2 aliphatic carbocycles. The number of allylic oxidation sites excluding steroid dienone is 2. The second kappa shape index (κ2) is 5.53. The van der Waals surface area contributed by atoms with E-state index in [0.717, 1.165) is 0 Å². The third-order valence-corrected chi connectivity index (χ3v) is 4.81. The second-order valence-corrected chi connectivity index (χ2v) is 7.08. The molecule has 1 saturated carbocycles. The van der Waals surface area contributed by atoms with E-state index in [0.29, 0.717) is 6.42 Å². The Bertz CT molecular complexity index is 542. The lowest BCUT2D eigenvalue weighted by Gasteiger charge is -2.23. The zero-order valence-electron chi connectivity index (χ0n) is 10.9. The number of amides is 1. The van der Waals surface area contributed by atoms with Gasteiger partial charge in [0.05, 0.1) is 17.6 Å². The molecule has 2 aliphatic rings. The number of nitrogens with two attached hydrogens (primary N) is 1. The first kappa shape index (κ1) is 15.0. The molecule has 0 aliphatic heterocycles. The Morgan fingerprint density at radius 1 is 1.25 bits per heavy atom. The molecule has 4 unspecified atom stereocenters. The zero-order valence-corrected chi connectivity index (χ0v) is 11.7. The Morgan fingerprint density at radius 2 is 1.85 bits per heavy atom. The predicted octanol–water partition coefficient (Wildman–Crippen LogP) is -0.696. The maximum absolute atomic E-state index is 12.1. The van der Waals surface area contributed by atoms with Crippen LogP contribution in [0.25, 0.3) is 0 Å². The van der Waals surface area contributed by atoms with Crippen molar-refractivity contribution in [3.63, 3.8) is 0 Å². The molecule has 8 heteroatoms. The van der Waals surface area contributed by atoms with Crippen LogP contribution in [0.4, 0.5) is 0 Å². The van der Waals surface area contributed by atoms with Gasteiger partial charge >= 0.3 is 5.97 Å². The van der Waals surface area contributed by atoms with Crippen molar-refractivity contribution in [1.29, 1.82) is 0 Å². The minimum absolute atomic E-state index is 0.0284. The van der Waals surface area contributed by atoms with E-state index in [1.54, 1.807) is 0 Å². The number of primary sulfonamides is 1. The van der Waals surface area contributed by atoms with Crippen molar-refractivity contribution in [2.24, 2.45) is 28.8 Å². The van der Waals surface area contributed by atoms with Crippen LogP contribution in [0.5, 0.6) is 0 Å². The molecule has 1 fully saturated rings. The van der Waals surface area contributed by atoms with Crippen LogP contribution in [0.2, 0.25) is 0 Å². The molecule has 4 atom stereocenters. The summed E-state index contributed by atoms with van der Waals surface area (Å²) in [5.74, 6) is -2.81. The van der Waals surface area contributed by atoms with Crippen molar-refractivity contribution in [2.75, 3.05) is 12.3 Å². The summed E-state index contributed by atoms with van der Waals surface area (Å²) < 4.78 is 21.5. The molecular formula is C12H18N2O5S. The molecule has 0 aromatic heterocycles. The number of carbonyl (C=O) groups is 2.